The average molecular weight is 272 g/mol. The molecule has 2 aliphatic carbocycles. The van der Waals surface area contributed by atoms with Crippen LogP contribution in [0.2, 0.25) is 0 Å². The number of hydrogen-bond acceptors (Lipinski definition) is 3. The zero-order valence-electron chi connectivity index (χ0n) is 12.3. The molecule has 0 amide bonds. The van der Waals surface area contributed by atoms with E-state index in [1.165, 1.54) is 25.7 Å². The van der Waals surface area contributed by atoms with Crippen LogP contribution in [0, 0.1) is 17.9 Å². The minimum Gasteiger partial charge on any atom is -0.283 e. The van der Waals surface area contributed by atoms with Crippen LogP contribution in [0.4, 0.5) is 0 Å². The summed E-state index contributed by atoms with van der Waals surface area (Å²) < 4.78 is 0. The average Bonchev–Trinajstić information content (AvgIpc) is 2.87. The molecule has 0 aromatic heterocycles. The van der Waals surface area contributed by atoms with Gasteiger partial charge in [0.25, 0.3) is 0 Å². The van der Waals surface area contributed by atoms with Crippen LogP contribution in [-0.2, 0) is 0 Å². The molecule has 0 aromatic rings. The maximum atomic E-state index is 9.53. The van der Waals surface area contributed by atoms with Gasteiger partial charge in [-0.25, -0.2) is 6.57 Å². The van der Waals surface area contributed by atoms with Crippen LogP contribution in [0.3, 0.4) is 0 Å². The molecular weight excluding hydrogens is 248 g/mol. The molecule has 0 aromatic carbocycles. The number of rotatable bonds is 2. The molecule has 0 N–H and O–H groups in total. The Morgan fingerprint density at radius 2 is 1.30 bits per heavy atom. The molecular formula is C16H24N4. The predicted molar refractivity (Wildman–Crippen MR) is 77.9 cm³/mol. The van der Waals surface area contributed by atoms with E-state index in [1.807, 2.05) is 0 Å². The van der Waals surface area contributed by atoms with Crippen LogP contribution >= 0.6 is 0 Å². The Morgan fingerprint density at radius 1 is 0.800 bits per heavy atom. The first-order chi connectivity index (χ1) is 9.74. The number of nitrogens with zero attached hydrogens (tertiary/aromatic N) is 4. The number of hydrogen-bond donors (Lipinski definition) is 0. The van der Waals surface area contributed by atoms with Crippen molar-refractivity contribution < 1.29 is 0 Å². The Kier molecular flexibility index (Phi) is 5.12. The lowest BCUT2D eigenvalue weighted by molar-refractivity contribution is 0.382. The lowest BCUT2D eigenvalue weighted by Gasteiger charge is -2.20. The first kappa shape index (κ1) is 15.0. The van der Waals surface area contributed by atoms with E-state index in [4.69, 9.17) is 6.57 Å². The van der Waals surface area contributed by atoms with Gasteiger partial charge in [0, 0.05) is 12.8 Å². The van der Waals surface area contributed by atoms with Gasteiger partial charge < -0.3 is 0 Å². The smallest absolute Gasteiger partial charge is 0.283 e. The van der Waals surface area contributed by atoms with Crippen LogP contribution < -0.4 is 0 Å². The quantitative estimate of drug-likeness (QED) is 0.395. The number of nitriles is 1. The maximum absolute atomic E-state index is 9.53. The van der Waals surface area contributed by atoms with Gasteiger partial charge in [-0.1, -0.05) is 25.7 Å². The topological polar surface area (TPSA) is 52.9 Å². The Morgan fingerprint density at radius 3 is 1.75 bits per heavy atom. The van der Waals surface area contributed by atoms with Crippen molar-refractivity contribution in [1.82, 2.24) is 0 Å². The Hall–Kier alpha value is -1.42. The van der Waals surface area contributed by atoms with E-state index in [9.17, 15) is 5.26 Å². The fraction of sp³-hybridized carbons (Fsp3) is 0.875. The van der Waals surface area contributed by atoms with Crippen molar-refractivity contribution in [3.05, 3.63) is 11.4 Å². The molecule has 0 atom stereocenters. The van der Waals surface area contributed by atoms with Crippen LogP contribution in [0.15, 0.2) is 10.2 Å². The van der Waals surface area contributed by atoms with Crippen molar-refractivity contribution in [3.63, 3.8) is 0 Å². The summed E-state index contributed by atoms with van der Waals surface area (Å²) in [4.78, 5) is 3.79. The van der Waals surface area contributed by atoms with E-state index >= 15 is 0 Å². The van der Waals surface area contributed by atoms with Crippen molar-refractivity contribution in [1.29, 1.82) is 5.26 Å². The fourth-order valence-electron chi connectivity index (χ4n) is 3.27. The van der Waals surface area contributed by atoms with E-state index < -0.39 is 11.2 Å². The van der Waals surface area contributed by atoms with Crippen molar-refractivity contribution in [3.8, 4) is 6.07 Å². The lowest BCUT2D eigenvalue weighted by Crippen LogP contribution is -2.26. The highest BCUT2D eigenvalue weighted by molar-refractivity contribution is 5.08. The van der Waals surface area contributed by atoms with Gasteiger partial charge in [0.1, 0.15) is 0 Å². The monoisotopic (exact) mass is 272 g/mol. The van der Waals surface area contributed by atoms with E-state index in [0.29, 0.717) is 0 Å². The summed E-state index contributed by atoms with van der Waals surface area (Å²) in [6.07, 6.45) is 12.2. The standard InChI is InChI=1S/C16H24N4/c1-18-16(12-8-4-5-9-13-16)20-19-15(14-17)10-6-2-3-7-11-15/h2-13H2. The van der Waals surface area contributed by atoms with Crippen molar-refractivity contribution >= 4 is 0 Å². The zero-order chi connectivity index (χ0) is 14.3. The summed E-state index contributed by atoms with van der Waals surface area (Å²) >= 11 is 0. The molecule has 108 valence electrons. The van der Waals surface area contributed by atoms with Gasteiger partial charge in [0.15, 0.2) is 5.54 Å². The third kappa shape index (κ3) is 3.57. The van der Waals surface area contributed by atoms with Gasteiger partial charge >= 0.3 is 5.66 Å². The third-order valence-corrected chi connectivity index (χ3v) is 4.68. The van der Waals surface area contributed by atoms with E-state index in [0.717, 1.165) is 51.4 Å². The van der Waals surface area contributed by atoms with Crippen molar-refractivity contribution in [2.75, 3.05) is 0 Å². The Bertz CT molecular complexity index is 371. The lowest BCUT2D eigenvalue weighted by atomic mass is 9.93. The summed E-state index contributed by atoms with van der Waals surface area (Å²) in [5.74, 6) is 0. The molecule has 0 bridgehead atoms. The molecule has 0 heterocycles. The van der Waals surface area contributed by atoms with Crippen molar-refractivity contribution in [2.24, 2.45) is 10.2 Å². The maximum Gasteiger partial charge on any atom is 0.340 e. The van der Waals surface area contributed by atoms with Gasteiger partial charge in [0.05, 0.1) is 6.07 Å². The zero-order valence-corrected chi connectivity index (χ0v) is 12.3. The van der Waals surface area contributed by atoms with Gasteiger partial charge in [-0.15, -0.1) is 5.11 Å². The Labute approximate surface area is 122 Å². The summed E-state index contributed by atoms with van der Waals surface area (Å²) in [5, 5.41) is 18.4. The van der Waals surface area contributed by atoms with Gasteiger partial charge in [-0.2, -0.15) is 10.4 Å². The van der Waals surface area contributed by atoms with Gasteiger partial charge in [0.2, 0.25) is 0 Å². The highest BCUT2D eigenvalue weighted by Crippen LogP contribution is 2.36. The molecule has 0 saturated heterocycles. The van der Waals surface area contributed by atoms with Crippen LogP contribution in [0.25, 0.3) is 4.85 Å². The number of azo groups is 1. The minimum absolute atomic E-state index is 0.652. The fourth-order valence-corrected chi connectivity index (χ4v) is 3.27. The second-order valence-electron chi connectivity index (χ2n) is 6.27. The molecule has 2 rings (SSSR count). The van der Waals surface area contributed by atoms with E-state index in [2.05, 4.69) is 21.1 Å². The highest BCUT2D eigenvalue weighted by Gasteiger charge is 2.39. The summed E-state index contributed by atoms with van der Waals surface area (Å²) in [6.45, 7) is 7.51. The third-order valence-electron chi connectivity index (χ3n) is 4.68. The van der Waals surface area contributed by atoms with Crippen LogP contribution in [0.1, 0.15) is 77.0 Å². The summed E-state index contributed by atoms with van der Waals surface area (Å²) in [6, 6.07) is 2.39. The van der Waals surface area contributed by atoms with E-state index in [-0.39, 0.29) is 0 Å². The van der Waals surface area contributed by atoms with Crippen LogP contribution in [0.5, 0.6) is 0 Å². The second kappa shape index (κ2) is 6.84. The van der Waals surface area contributed by atoms with Crippen molar-refractivity contribution in [2.45, 2.75) is 88.3 Å². The molecule has 2 aliphatic rings. The molecule has 0 aliphatic heterocycles. The normalized spacial score (nSPS) is 26.1. The molecule has 2 saturated carbocycles. The summed E-state index contributed by atoms with van der Waals surface area (Å²) in [5.41, 5.74) is -1.33. The first-order valence-electron chi connectivity index (χ1n) is 7.98. The van der Waals surface area contributed by atoms with Crippen LogP contribution in [-0.4, -0.2) is 11.2 Å². The first-order valence-corrected chi connectivity index (χ1v) is 7.98. The second-order valence-corrected chi connectivity index (χ2v) is 6.27. The molecule has 0 unspecified atom stereocenters. The Balaban J connectivity index is 2.15. The molecule has 20 heavy (non-hydrogen) atoms. The molecule has 0 spiro atoms. The van der Waals surface area contributed by atoms with Gasteiger partial charge in [-0.3, -0.25) is 4.85 Å². The predicted octanol–water partition coefficient (Wildman–Crippen LogP) is 5.02. The van der Waals surface area contributed by atoms with Gasteiger partial charge in [-0.05, 0) is 38.5 Å². The molecule has 4 nitrogen and oxygen atoms in total. The SMILES string of the molecule is [C-]#[N+]C1(N=NC2(C#N)CCCCCC2)CCCCCC1. The largest absolute Gasteiger partial charge is 0.340 e. The molecule has 4 heteroatoms. The molecule has 2 fully saturated rings. The molecule has 0 radical (unpaired) electrons. The highest BCUT2D eigenvalue weighted by atomic mass is 15.3. The summed E-state index contributed by atoms with van der Waals surface area (Å²) in [7, 11) is 0. The van der Waals surface area contributed by atoms with E-state index in [1.54, 1.807) is 0 Å². The minimum atomic E-state index is -0.674.